The van der Waals surface area contributed by atoms with Crippen LogP contribution >= 0.6 is 0 Å². The van der Waals surface area contributed by atoms with Gasteiger partial charge in [0.1, 0.15) is 5.76 Å². The lowest BCUT2D eigenvalue weighted by molar-refractivity contribution is -0.117. The average molecular weight is 286 g/mol. The molecule has 1 saturated carbocycles. The van der Waals surface area contributed by atoms with E-state index in [-0.39, 0.29) is 23.4 Å². The zero-order valence-electron chi connectivity index (χ0n) is 12.0. The Hall–Kier alpha value is -1.59. The van der Waals surface area contributed by atoms with E-state index in [0.717, 1.165) is 31.2 Å². The maximum Gasteiger partial charge on any atom is 0.488 e. The fourth-order valence-corrected chi connectivity index (χ4v) is 3.57. The van der Waals surface area contributed by atoms with Crippen LogP contribution in [0, 0.1) is 11.8 Å². The molecule has 2 aliphatic carbocycles. The zero-order valence-corrected chi connectivity index (χ0v) is 12.0. The van der Waals surface area contributed by atoms with E-state index < -0.39 is 7.12 Å². The summed E-state index contributed by atoms with van der Waals surface area (Å²) in [6.45, 7) is 1.98. The fourth-order valence-electron chi connectivity index (χ4n) is 3.57. The molecule has 0 aromatic heterocycles. The number of carbonyl (C=O) groups is 1. The third-order valence-corrected chi connectivity index (χ3v) is 4.77. The number of carbonyl (C=O) groups excluding carboxylic acids is 1. The summed E-state index contributed by atoms with van der Waals surface area (Å²) in [4.78, 5) is 12.6. The van der Waals surface area contributed by atoms with Gasteiger partial charge < -0.3 is 15.2 Å². The molecule has 1 fully saturated rings. The number of fused-ring (bicyclic) bond motifs is 2. The molecule has 110 valence electrons. The van der Waals surface area contributed by atoms with Gasteiger partial charge in [-0.1, -0.05) is 25.1 Å². The van der Waals surface area contributed by atoms with Crippen molar-refractivity contribution in [3.8, 4) is 0 Å². The number of aryl methyl sites for hydroxylation is 1. The summed E-state index contributed by atoms with van der Waals surface area (Å²) in [5.41, 5.74) is 2.33. The van der Waals surface area contributed by atoms with E-state index in [0.29, 0.717) is 16.6 Å². The van der Waals surface area contributed by atoms with Gasteiger partial charge in [0, 0.05) is 11.8 Å². The summed E-state index contributed by atoms with van der Waals surface area (Å²) < 4.78 is 0. The average Bonchev–Trinajstić information content (AvgIpc) is 2.92. The Morgan fingerprint density at radius 3 is 2.62 bits per heavy atom. The number of Topliss-reactive ketones (excluding diaryl/α,β-unsaturated/α-hetero) is 1. The summed E-state index contributed by atoms with van der Waals surface area (Å²) in [6, 6.07) is 5.07. The molecule has 5 heteroatoms. The Morgan fingerprint density at radius 2 is 1.95 bits per heavy atom. The van der Waals surface area contributed by atoms with Gasteiger partial charge in [-0.2, -0.15) is 0 Å². The standard InChI is InChI=1S/C16H19BO4/c1-2-9-5-6-12(17(20)21)8-13(9)14-15(18)10-3-4-11(7-10)16(14)19/h5-6,8,10-11,18,20-21H,2-4,7H2,1H3. The number of allylic oxidation sites excluding steroid dienone is 2. The number of ketones is 1. The number of rotatable bonds is 3. The summed E-state index contributed by atoms with van der Waals surface area (Å²) in [5, 5.41) is 29.2. The number of hydrogen-bond donors (Lipinski definition) is 3. The monoisotopic (exact) mass is 286 g/mol. The molecule has 3 rings (SSSR count). The lowest BCUT2D eigenvalue weighted by atomic mass is 9.75. The number of aliphatic hydroxyl groups is 1. The normalized spacial score (nSPS) is 24.6. The van der Waals surface area contributed by atoms with E-state index in [9.17, 15) is 19.9 Å². The molecular weight excluding hydrogens is 267 g/mol. The van der Waals surface area contributed by atoms with E-state index in [4.69, 9.17) is 0 Å². The molecule has 1 aromatic rings. The second-order valence-electron chi connectivity index (χ2n) is 5.98. The molecule has 0 aliphatic heterocycles. The van der Waals surface area contributed by atoms with Gasteiger partial charge >= 0.3 is 7.12 Å². The maximum absolute atomic E-state index is 12.6. The molecule has 21 heavy (non-hydrogen) atoms. The molecule has 2 aliphatic rings. The van der Waals surface area contributed by atoms with Gasteiger partial charge in [-0.15, -0.1) is 0 Å². The summed E-state index contributed by atoms with van der Waals surface area (Å²) >= 11 is 0. The van der Waals surface area contributed by atoms with Gasteiger partial charge in [-0.3, -0.25) is 4.79 Å². The van der Waals surface area contributed by atoms with Crippen molar-refractivity contribution in [2.45, 2.75) is 32.6 Å². The first-order chi connectivity index (χ1) is 10.0. The van der Waals surface area contributed by atoms with E-state index in [1.165, 1.54) is 0 Å². The van der Waals surface area contributed by atoms with Crippen LogP contribution in [0.1, 0.15) is 37.3 Å². The SMILES string of the molecule is CCc1ccc(B(O)O)cc1C1=C(O)C2CCC(C2)C1=O. The second kappa shape index (κ2) is 5.32. The molecule has 2 atom stereocenters. The van der Waals surface area contributed by atoms with Crippen LogP contribution in [0.5, 0.6) is 0 Å². The van der Waals surface area contributed by atoms with Crippen LogP contribution in [0.3, 0.4) is 0 Å². The van der Waals surface area contributed by atoms with Crippen LogP contribution in [0.25, 0.3) is 5.57 Å². The van der Waals surface area contributed by atoms with E-state index in [1.54, 1.807) is 18.2 Å². The summed E-state index contributed by atoms with van der Waals surface area (Å²) in [5.74, 6) is 0.275. The number of aliphatic hydroxyl groups excluding tert-OH is 1. The molecule has 2 unspecified atom stereocenters. The van der Waals surface area contributed by atoms with Gasteiger partial charge in [-0.05, 0) is 42.3 Å². The highest BCUT2D eigenvalue weighted by molar-refractivity contribution is 6.58. The third kappa shape index (κ3) is 2.30. The Balaban J connectivity index is 2.16. The Kier molecular flexibility index (Phi) is 3.63. The van der Waals surface area contributed by atoms with Crippen molar-refractivity contribution in [1.82, 2.24) is 0 Å². The maximum atomic E-state index is 12.6. The zero-order chi connectivity index (χ0) is 15.1. The van der Waals surface area contributed by atoms with Crippen molar-refractivity contribution in [1.29, 1.82) is 0 Å². The van der Waals surface area contributed by atoms with Crippen molar-refractivity contribution in [3.63, 3.8) is 0 Å². The quantitative estimate of drug-likeness (QED) is 0.730. The fraction of sp³-hybridized carbons (Fsp3) is 0.438. The van der Waals surface area contributed by atoms with Crippen LogP contribution < -0.4 is 5.46 Å². The van der Waals surface area contributed by atoms with Gasteiger partial charge in [0.2, 0.25) is 0 Å². The van der Waals surface area contributed by atoms with Gasteiger partial charge in [-0.25, -0.2) is 0 Å². The molecule has 4 nitrogen and oxygen atoms in total. The number of hydrogen-bond acceptors (Lipinski definition) is 4. The highest BCUT2D eigenvalue weighted by Crippen LogP contribution is 2.45. The predicted molar refractivity (Wildman–Crippen MR) is 81.0 cm³/mol. The molecule has 0 saturated heterocycles. The minimum Gasteiger partial charge on any atom is -0.511 e. The van der Waals surface area contributed by atoms with Crippen molar-refractivity contribution in [3.05, 3.63) is 35.1 Å². The molecule has 0 radical (unpaired) electrons. The molecule has 0 heterocycles. The van der Waals surface area contributed by atoms with E-state index in [1.807, 2.05) is 6.92 Å². The molecule has 0 amide bonds. The van der Waals surface area contributed by atoms with Crippen molar-refractivity contribution in [2.75, 3.05) is 0 Å². The molecule has 2 bridgehead atoms. The highest BCUT2D eigenvalue weighted by Gasteiger charge is 2.41. The van der Waals surface area contributed by atoms with Gasteiger partial charge in [0.25, 0.3) is 0 Å². The minimum atomic E-state index is -1.58. The largest absolute Gasteiger partial charge is 0.511 e. The van der Waals surface area contributed by atoms with Crippen LogP contribution in [0.4, 0.5) is 0 Å². The van der Waals surface area contributed by atoms with Crippen LogP contribution in [-0.4, -0.2) is 28.1 Å². The van der Waals surface area contributed by atoms with Crippen molar-refractivity contribution >= 4 is 23.9 Å². The van der Waals surface area contributed by atoms with Crippen molar-refractivity contribution < 1.29 is 19.9 Å². The lowest BCUT2D eigenvalue weighted by Crippen LogP contribution is -2.31. The molecule has 0 spiro atoms. The lowest BCUT2D eigenvalue weighted by Gasteiger charge is -2.23. The predicted octanol–water partition coefficient (Wildman–Crippen LogP) is 1.20. The van der Waals surface area contributed by atoms with E-state index >= 15 is 0 Å². The van der Waals surface area contributed by atoms with Crippen molar-refractivity contribution in [2.24, 2.45) is 11.8 Å². The highest BCUT2D eigenvalue weighted by atomic mass is 16.4. The third-order valence-electron chi connectivity index (χ3n) is 4.77. The first-order valence-corrected chi connectivity index (χ1v) is 7.49. The van der Waals surface area contributed by atoms with Crippen LogP contribution in [0.15, 0.2) is 24.0 Å². The first kappa shape index (κ1) is 14.4. The molecular formula is C16H19BO4. The minimum absolute atomic E-state index is 0.000490. The number of benzene rings is 1. The van der Waals surface area contributed by atoms with Gasteiger partial charge in [0.15, 0.2) is 5.78 Å². The molecule has 3 N–H and O–H groups in total. The van der Waals surface area contributed by atoms with E-state index in [2.05, 4.69) is 0 Å². The topological polar surface area (TPSA) is 77.8 Å². The van der Waals surface area contributed by atoms with Gasteiger partial charge in [0.05, 0.1) is 5.57 Å². The Morgan fingerprint density at radius 1 is 1.24 bits per heavy atom. The Bertz CT molecular complexity index is 621. The molecule has 1 aromatic carbocycles. The van der Waals surface area contributed by atoms with Crippen LogP contribution in [-0.2, 0) is 11.2 Å². The smallest absolute Gasteiger partial charge is 0.488 e. The Labute approximate surface area is 124 Å². The second-order valence-corrected chi connectivity index (χ2v) is 5.98. The summed E-state index contributed by atoms with van der Waals surface area (Å²) in [7, 11) is -1.58. The first-order valence-electron chi connectivity index (χ1n) is 7.49. The summed E-state index contributed by atoms with van der Waals surface area (Å²) in [6.07, 6.45) is 3.16. The van der Waals surface area contributed by atoms with Crippen LogP contribution in [0.2, 0.25) is 0 Å².